The van der Waals surface area contributed by atoms with E-state index in [2.05, 4.69) is 71.4 Å². The fourth-order valence-electron chi connectivity index (χ4n) is 2.62. The number of hydrogen-bond acceptors (Lipinski definition) is 0. The van der Waals surface area contributed by atoms with Crippen LogP contribution in [0.15, 0.2) is 66.8 Å². The highest BCUT2D eigenvalue weighted by Gasteiger charge is 2.09. The Bertz CT molecular complexity index is 723. The summed E-state index contributed by atoms with van der Waals surface area (Å²) in [7, 11) is 0. The van der Waals surface area contributed by atoms with Crippen LogP contribution in [-0.2, 0) is 0 Å². The van der Waals surface area contributed by atoms with Gasteiger partial charge in [-0.2, -0.15) is 0 Å². The van der Waals surface area contributed by atoms with E-state index in [0.717, 1.165) is 12.8 Å². The molecule has 1 aromatic heterocycles. The van der Waals surface area contributed by atoms with Crippen LogP contribution in [0.25, 0.3) is 22.7 Å². The first-order valence-corrected chi connectivity index (χ1v) is 7.17. The van der Waals surface area contributed by atoms with E-state index < -0.39 is 0 Å². The SMILES string of the molecule is C/C=C\C=C/c1cc2ccccc2n1C1=CCCC=C1. The molecule has 100 valence electrons. The van der Waals surface area contributed by atoms with Crippen LogP contribution in [0.5, 0.6) is 0 Å². The number of aromatic nitrogens is 1. The number of fused-ring (bicyclic) bond motifs is 1. The van der Waals surface area contributed by atoms with Gasteiger partial charge in [0.1, 0.15) is 0 Å². The molecule has 0 saturated heterocycles. The van der Waals surface area contributed by atoms with E-state index in [9.17, 15) is 0 Å². The first-order chi connectivity index (χ1) is 9.90. The van der Waals surface area contributed by atoms with Gasteiger partial charge in [0.15, 0.2) is 0 Å². The fourth-order valence-corrected chi connectivity index (χ4v) is 2.62. The van der Waals surface area contributed by atoms with Crippen LogP contribution in [0.2, 0.25) is 0 Å². The second kappa shape index (κ2) is 5.79. The van der Waals surface area contributed by atoms with Crippen LogP contribution < -0.4 is 0 Å². The molecule has 0 spiro atoms. The van der Waals surface area contributed by atoms with Gasteiger partial charge in [-0.25, -0.2) is 0 Å². The molecule has 0 radical (unpaired) electrons. The number of nitrogens with zero attached hydrogens (tertiary/aromatic N) is 1. The molecule has 0 N–H and O–H groups in total. The van der Waals surface area contributed by atoms with E-state index in [1.54, 1.807) is 0 Å². The van der Waals surface area contributed by atoms with Gasteiger partial charge in [0.2, 0.25) is 0 Å². The Balaban J connectivity index is 2.17. The van der Waals surface area contributed by atoms with Crippen molar-refractivity contribution in [3.8, 4) is 0 Å². The van der Waals surface area contributed by atoms with Gasteiger partial charge in [0.25, 0.3) is 0 Å². The van der Waals surface area contributed by atoms with Gasteiger partial charge in [-0.15, -0.1) is 0 Å². The maximum Gasteiger partial charge on any atom is 0.0534 e. The Morgan fingerprint density at radius 2 is 2.00 bits per heavy atom. The topological polar surface area (TPSA) is 4.93 Å². The van der Waals surface area contributed by atoms with Crippen molar-refractivity contribution in [1.29, 1.82) is 0 Å². The monoisotopic (exact) mass is 261 g/mol. The molecule has 0 unspecified atom stereocenters. The average molecular weight is 261 g/mol. The van der Waals surface area contributed by atoms with Crippen molar-refractivity contribution in [3.05, 3.63) is 72.5 Å². The van der Waals surface area contributed by atoms with Crippen molar-refractivity contribution >= 4 is 22.7 Å². The average Bonchev–Trinajstić information content (AvgIpc) is 2.86. The van der Waals surface area contributed by atoms with E-state index >= 15 is 0 Å². The summed E-state index contributed by atoms with van der Waals surface area (Å²) in [6.45, 7) is 2.03. The third-order valence-electron chi connectivity index (χ3n) is 3.54. The standard InChI is InChI=1S/C19H19N/c1-2-3-5-13-18-15-16-10-8-9-14-19(16)20(18)17-11-6-4-7-12-17/h2-3,5-6,8-15H,4,7H2,1H3/b3-2-,13-5-. The molecule has 1 aromatic carbocycles. The summed E-state index contributed by atoms with van der Waals surface area (Å²) in [5.41, 5.74) is 3.77. The van der Waals surface area contributed by atoms with Crippen LogP contribution in [0, 0.1) is 0 Å². The zero-order valence-electron chi connectivity index (χ0n) is 11.8. The summed E-state index contributed by atoms with van der Waals surface area (Å²) in [5.74, 6) is 0. The third kappa shape index (κ3) is 2.39. The van der Waals surface area contributed by atoms with E-state index in [-0.39, 0.29) is 0 Å². The molecule has 0 saturated carbocycles. The second-order valence-corrected chi connectivity index (χ2v) is 4.96. The number of benzene rings is 1. The molecule has 0 atom stereocenters. The maximum atomic E-state index is 2.34. The largest absolute Gasteiger partial charge is 0.310 e. The predicted molar refractivity (Wildman–Crippen MR) is 88.4 cm³/mol. The fraction of sp³-hybridized carbons (Fsp3) is 0.158. The highest BCUT2D eigenvalue weighted by molar-refractivity contribution is 5.88. The first kappa shape index (κ1) is 12.7. The summed E-state index contributed by atoms with van der Waals surface area (Å²) in [6.07, 6.45) is 17.4. The van der Waals surface area contributed by atoms with Gasteiger partial charge >= 0.3 is 0 Å². The Kier molecular flexibility index (Phi) is 3.69. The van der Waals surface area contributed by atoms with Crippen molar-refractivity contribution in [2.24, 2.45) is 0 Å². The van der Waals surface area contributed by atoms with E-state index in [1.807, 2.05) is 13.0 Å². The quantitative estimate of drug-likeness (QED) is 0.650. The summed E-state index contributed by atoms with van der Waals surface area (Å²) in [5, 5.41) is 1.28. The molecule has 2 aromatic rings. The highest BCUT2D eigenvalue weighted by atomic mass is 15.0. The van der Waals surface area contributed by atoms with Crippen LogP contribution in [0.3, 0.4) is 0 Å². The molecule has 1 heteroatoms. The van der Waals surface area contributed by atoms with Crippen LogP contribution in [0.4, 0.5) is 0 Å². The molecular weight excluding hydrogens is 242 g/mol. The minimum Gasteiger partial charge on any atom is -0.310 e. The summed E-state index contributed by atoms with van der Waals surface area (Å²) < 4.78 is 2.34. The van der Waals surface area contributed by atoms with Gasteiger partial charge < -0.3 is 4.57 Å². The molecule has 3 rings (SSSR count). The van der Waals surface area contributed by atoms with Gasteiger partial charge in [0.05, 0.1) is 5.52 Å². The minimum atomic E-state index is 1.12. The lowest BCUT2D eigenvalue weighted by atomic mass is 10.1. The lowest BCUT2D eigenvalue weighted by Crippen LogP contribution is -1.99. The molecule has 0 amide bonds. The lowest BCUT2D eigenvalue weighted by Gasteiger charge is -2.12. The highest BCUT2D eigenvalue weighted by Crippen LogP contribution is 2.27. The molecule has 0 fully saturated rings. The van der Waals surface area contributed by atoms with E-state index in [4.69, 9.17) is 0 Å². The van der Waals surface area contributed by atoms with Crippen molar-refractivity contribution in [1.82, 2.24) is 4.57 Å². The van der Waals surface area contributed by atoms with Crippen molar-refractivity contribution in [3.63, 3.8) is 0 Å². The summed E-state index contributed by atoms with van der Waals surface area (Å²) in [6, 6.07) is 10.8. The molecule has 1 aliphatic rings. The Morgan fingerprint density at radius 3 is 2.80 bits per heavy atom. The lowest BCUT2D eigenvalue weighted by molar-refractivity contribution is 1.01. The zero-order chi connectivity index (χ0) is 13.8. The van der Waals surface area contributed by atoms with Crippen LogP contribution in [-0.4, -0.2) is 4.57 Å². The van der Waals surface area contributed by atoms with E-state index in [1.165, 1.54) is 22.3 Å². The third-order valence-corrected chi connectivity index (χ3v) is 3.54. The zero-order valence-corrected chi connectivity index (χ0v) is 11.8. The van der Waals surface area contributed by atoms with E-state index in [0.29, 0.717) is 0 Å². The van der Waals surface area contributed by atoms with Gasteiger partial charge in [-0.1, -0.05) is 48.6 Å². The maximum absolute atomic E-state index is 2.34. The number of para-hydroxylation sites is 1. The molecule has 0 bridgehead atoms. The number of rotatable bonds is 3. The summed E-state index contributed by atoms with van der Waals surface area (Å²) in [4.78, 5) is 0. The number of hydrogen-bond donors (Lipinski definition) is 0. The Morgan fingerprint density at radius 1 is 1.10 bits per heavy atom. The second-order valence-electron chi connectivity index (χ2n) is 4.96. The van der Waals surface area contributed by atoms with Crippen LogP contribution in [0.1, 0.15) is 25.5 Å². The molecular formula is C19H19N. The van der Waals surface area contributed by atoms with Crippen molar-refractivity contribution in [2.45, 2.75) is 19.8 Å². The van der Waals surface area contributed by atoms with Crippen molar-refractivity contribution < 1.29 is 0 Å². The number of allylic oxidation sites excluding steroid dienone is 7. The van der Waals surface area contributed by atoms with Gasteiger partial charge in [0, 0.05) is 16.8 Å². The predicted octanol–water partition coefficient (Wildman–Crippen LogP) is 5.42. The Hall–Kier alpha value is -2.28. The van der Waals surface area contributed by atoms with Crippen molar-refractivity contribution in [2.75, 3.05) is 0 Å². The normalized spacial score (nSPS) is 15.6. The minimum absolute atomic E-state index is 1.12. The molecule has 1 aliphatic carbocycles. The van der Waals surface area contributed by atoms with Crippen LogP contribution >= 0.6 is 0 Å². The Labute approximate surface area is 120 Å². The molecule has 1 nitrogen and oxygen atoms in total. The molecule has 1 heterocycles. The molecule has 0 aliphatic heterocycles. The van der Waals surface area contributed by atoms with Gasteiger partial charge in [-0.3, -0.25) is 0 Å². The smallest absolute Gasteiger partial charge is 0.0534 e. The summed E-state index contributed by atoms with van der Waals surface area (Å²) >= 11 is 0. The molecule has 20 heavy (non-hydrogen) atoms. The van der Waals surface area contributed by atoms with Gasteiger partial charge in [-0.05, 0) is 44.1 Å². The first-order valence-electron chi connectivity index (χ1n) is 7.17.